The molecule has 0 radical (unpaired) electrons. The zero-order valence-corrected chi connectivity index (χ0v) is 24.6. The number of unbranched alkanes of at least 4 members (excludes halogenated alkanes) is 5. The molecular weight excluding hydrogens is 524 g/mol. The first-order valence-corrected chi connectivity index (χ1v) is 15.0. The van der Waals surface area contributed by atoms with Crippen molar-refractivity contribution >= 4 is 17.7 Å². The van der Waals surface area contributed by atoms with Crippen LogP contribution in [0.25, 0.3) is 0 Å². The Balaban J connectivity index is 0.00000108. The lowest BCUT2D eigenvalue weighted by Crippen LogP contribution is -2.17. The van der Waals surface area contributed by atoms with E-state index in [1.165, 1.54) is 5.56 Å². The van der Waals surface area contributed by atoms with Crippen LogP contribution in [0.5, 0.6) is 17.2 Å². The van der Waals surface area contributed by atoms with Gasteiger partial charge in [-0.3, -0.25) is 14.4 Å². The highest BCUT2D eigenvalue weighted by molar-refractivity contribution is 6.00. The molecule has 0 unspecified atom stereocenters. The molecule has 0 saturated carbocycles. The standard InChI is InChI=1S/C30H40O6.C3H6O2/c1-2-11-26-28(17-16-25-27(31)18-21-36-30(25)26)35-20-8-4-3-6-12-23-13-10-14-24(22-23)34-19-9-5-7-15-29(32)33;1-2-3(4)5/h10,13-14,16-17,22H,2-9,11-12,15,18-21H2,1H3,(H,32,33);2H2,1H3,(H,4,5). The van der Waals surface area contributed by atoms with E-state index in [-0.39, 0.29) is 18.6 Å². The van der Waals surface area contributed by atoms with Crippen LogP contribution in [0.3, 0.4) is 0 Å². The molecule has 0 aliphatic carbocycles. The summed E-state index contributed by atoms with van der Waals surface area (Å²) in [7, 11) is 0. The predicted octanol–water partition coefficient (Wildman–Crippen LogP) is 7.29. The smallest absolute Gasteiger partial charge is 0.303 e. The van der Waals surface area contributed by atoms with E-state index in [0.29, 0.717) is 38.2 Å². The van der Waals surface area contributed by atoms with Gasteiger partial charge < -0.3 is 24.4 Å². The first-order valence-electron chi connectivity index (χ1n) is 15.0. The molecule has 0 saturated heterocycles. The van der Waals surface area contributed by atoms with Crippen molar-refractivity contribution in [2.45, 2.75) is 97.3 Å². The highest BCUT2D eigenvalue weighted by Crippen LogP contribution is 2.36. The minimum absolute atomic E-state index is 0.158. The molecule has 0 atom stereocenters. The lowest BCUT2D eigenvalue weighted by Gasteiger charge is -2.22. The van der Waals surface area contributed by atoms with E-state index in [1.807, 2.05) is 24.3 Å². The topological polar surface area (TPSA) is 119 Å². The monoisotopic (exact) mass is 570 g/mol. The van der Waals surface area contributed by atoms with Crippen LogP contribution in [0.1, 0.15) is 106 Å². The van der Waals surface area contributed by atoms with Gasteiger partial charge in [0.15, 0.2) is 5.78 Å². The summed E-state index contributed by atoms with van der Waals surface area (Å²) >= 11 is 0. The van der Waals surface area contributed by atoms with Gasteiger partial charge in [-0.1, -0.05) is 45.2 Å². The Hall–Kier alpha value is -3.55. The normalized spacial score (nSPS) is 12.0. The fourth-order valence-corrected chi connectivity index (χ4v) is 4.50. The summed E-state index contributed by atoms with van der Waals surface area (Å²) in [5.41, 5.74) is 3.01. The van der Waals surface area contributed by atoms with Gasteiger partial charge in [0.05, 0.1) is 25.4 Å². The second kappa shape index (κ2) is 19.5. The molecule has 2 aromatic carbocycles. The quantitative estimate of drug-likeness (QED) is 0.179. The molecule has 0 spiro atoms. The molecule has 1 aliphatic heterocycles. The van der Waals surface area contributed by atoms with E-state index in [4.69, 9.17) is 24.4 Å². The van der Waals surface area contributed by atoms with Gasteiger partial charge in [-0.25, -0.2) is 0 Å². The lowest BCUT2D eigenvalue weighted by atomic mass is 9.98. The number of rotatable bonds is 18. The van der Waals surface area contributed by atoms with E-state index in [1.54, 1.807) is 6.92 Å². The van der Waals surface area contributed by atoms with E-state index in [2.05, 4.69) is 19.1 Å². The number of hydrogen-bond acceptors (Lipinski definition) is 6. The number of ketones is 1. The Kier molecular flexibility index (Phi) is 16.0. The number of carboxylic acid groups (broad SMARTS) is 2. The van der Waals surface area contributed by atoms with Crippen LogP contribution in [0, 0.1) is 0 Å². The third-order valence-electron chi connectivity index (χ3n) is 6.72. The maximum atomic E-state index is 12.2. The molecular formula is C33H46O8. The Morgan fingerprint density at radius 2 is 1.56 bits per heavy atom. The van der Waals surface area contributed by atoms with Crippen molar-refractivity contribution in [1.82, 2.24) is 0 Å². The SMILES string of the molecule is CCC(=O)O.CCCc1c(OCCCCCCc2cccc(OCCCCCC(=O)O)c2)ccc2c1OCCC2=O. The van der Waals surface area contributed by atoms with Crippen LogP contribution in [0.15, 0.2) is 36.4 Å². The fraction of sp³-hybridized carbons (Fsp3) is 0.545. The van der Waals surface area contributed by atoms with Gasteiger partial charge in [-0.05, 0) is 74.8 Å². The predicted molar refractivity (Wildman–Crippen MR) is 159 cm³/mol. The van der Waals surface area contributed by atoms with Crippen molar-refractivity contribution in [3.63, 3.8) is 0 Å². The Labute approximate surface area is 244 Å². The summed E-state index contributed by atoms with van der Waals surface area (Å²) in [6, 6.07) is 12.0. The van der Waals surface area contributed by atoms with Crippen LogP contribution in [0.4, 0.5) is 0 Å². The summed E-state index contributed by atoms with van der Waals surface area (Å²) in [5.74, 6) is 1.15. The zero-order valence-electron chi connectivity index (χ0n) is 24.6. The van der Waals surface area contributed by atoms with Gasteiger partial charge in [-0.15, -0.1) is 0 Å². The molecule has 0 bridgehead atoms. The molecule has 0 fully saturated rings. The number of hydrogen-bond donors (Lipinski definition) is 2. The second-order valence-corrected chi connectivity index (χ2v) is 10.2. The van der Waals surface area contributed by atoms with Crippen molar-refractivity contribution in [2.24, 2.45) is 0 Å². The van der Waals surface area contributed by atoms with Crippen molar-refractivity contribution in [3.8, 4) is 17.2 Å². The lowest BCUT2D eigenvalue weighted by molar-refractivity contribution is -0.137. The molecule has 0 amide bonds. The average Bonchev–Trinajstić information content (AvgIpc) is 2.96. The van der Waals surface area contributed by atoms with Gasteiger partial charge in [0.25, 0.3) is 0 Å². The zero-order chi connectivity index (χ0) is 29.9. The second-order valence-electron chi connectivity index (χ2n) is 10.2. The summed E-state index contributed by atoms with van der Waals surface area (Å²) in [4.78, 5) is 32.1. The van der Waals surface area contributed by atoms with Crippen LogP contribution < -0.4 is 14.2 Å². The van der Waals surface area contributed by atoms with Crippen molar-refractivity contribution < 1.29 is 38.8 Å². The molecule has 8 heteroatoms. The minimum Gasteiger partial charge on any atom is -0.494 e. The van der Waals surface area contributed by atoms with Crippen molar-refractivity contribution in [1.29, 1.82) is 0 Å². The van der Waals surface area contributed by atoms with Gasteiger partial charge in [0, 0.05) is 24.8 Å². The summed E-state index contributed by atoms with van der Waals surface area (Å²) in [6.45, 7) is 5.47. The molecule has 3 rings (SSSR count). The first-order chi connectivity index (χ1) is 19.8. The van der Waals surface area contributed by atoms with E-state index < -0.39 is 11.9 Å². The highest BCUT2D eigenvalue weighted by Gasteiger charge is 2.23. The molecule has 1 aliphatic rings. The highest BCUT2D eigenvalue weighted by atomic mass is 16.5. The summed E-state index contributed by atoms with van der Waals surface area (Å²) in [6.07, 6.45) is 10.5. The number of aliphatic carboxylic acids is 2. The summed E-state index contributed by atoms with van der Waals surface area (Å²) in [5, 5.41) is 16.4. The minimum atomic E-state index is -0.745. The molecule has 1 heterocycles. The van der Waals surface area contributed by atoms with Crippen LogP contribution in [0.2, 0.25) is 0 Å². The molecule has 2 aromatic rings. The Bertz CT molecular complexity index is 1090. The Morgan fingerprint density at radius 1 is 0.854 bits per heavy atom. The number of ether oxygens (including phenoxy) is 3. The van der Waals surface area contributed by atoms with E-state index in [0.717, 1.165) is 80.6 Å². The largest absolute Gasteiger partial charge is 0.494 e. The van der Waals surface area contributed by atoms with Crippen LogP contribution in [-0.4, -0.2) is 47.8 Å². The van der Waals surface area contributed by atoms with Crippen LogP contribution >= 0.6 is 0 Å². The van der Waals surface area contributed by atoms with E-state index in [9.17, 15) is 14.4 Å². The molecule has 41 heavy (non-hydrogen) atoms. The van der Waals surface area contributed by atoms with Gasteiger partial charge in [-0.2, -0.15) is 0 Å². The molecule has 2 N–H and O–H groups in total. The third kappa shape index (κ3) is 13.1. The Morgan fingerprint density at radius 3 is 2.27 bits per heavy atom. The number of Topliss-reactive ketones (excluding diaryl/α,β-unsaturated/α-hetero) is 1. The number of carbonyl (C=O) groups is 3. The number of carboxylic acids is 2. The number of fused-ring (bicyclic) bond motifs is 1. The van der Waals surface area contributed by atoms with Gasteiger partial charge >= 0.3 is 11.9 Å². The van der Waals surface area contributed by atoms with Gasteiger partial charge in [0.1, 0.15) is 17.2 Å². The van der Waals surface area contributed by atoms with Gasteiger partial charge in [0.2, 0.25) is 0 Å². The average molecular weight is 571 g/mol. The van der Waals surface area contributed by atoms with Crippen molar-refractivity contribution in [2.75, 3.05) is 19.8 Å². The summed E-state index contributed by atoms with van der Waals surface area (Å²) < 4.78 is 17.8. The molecule has 0 aromatic heterocycles. The third-order valence-corrected chi connectivity index (χ3v) is 6.72. The van der Waals surface area contributed by atoms with Crippen LogP contribution in [-0.2, 0) is 22.4 Å². The number of benzene rings is 2. The fourth-order valence-electron chi connectivity index (χ4n) is 4.50. The van der Waals surface area contributed by atoms with E-state index >= 15 is 0 Å². The number of carbonyl (C=O) groups excluding carboxylic acids is 1. The maximum absolute atomic E-state index is 12.2. The molecule has 8 nitrogen and oxygen atoms in total. The van der Waals surface area contributed by atoms with Crippen molar-refractivity contribution in [3.05, 3.63) is 53.1 Å². The molecule has 226 valence electrons. The number of aryl methyl sites for hydroxylation is 1. The first kappa shape index (κ1) is 33.7. The maximum Gasteiger partial charge on any atom is 0.303 e.